The summed E-state index contributed by atoms with van der Waals surface area (Å²) in [6, 6.07) is 17.3. The van der Waals surface area contributed by atoms with Crippen LogP contribution in [0.3, 0.4) is 0 Å². The second kappa shape index (κ2) is 12.0. The van der Waals surface area contributed by atoms with E-state index in [1.165, 1.54) is 6.42 Å². The van der Waals surface area contributed by atoms with Crippen LogP contribution in [0, 0.1) is 12.8 Å². The molecule has 1 unspecified atom stereocenters. The lowest BCUT2D eigenvalue weighted by atomic mass is 9.89. The number of urea groups is 1. The van der Waals surface area contributed by atoms with Gasteiger partial charge >= 0.3 is 6.03 Å². The number of hydrogen-bond acceptors (Lipinski definition) is 4. The minimum Gasteiger partial charge on any atom is -0.308 e. The number of carbonyl (C=O) groups is 2. The molecule has 2 fully saturated rings. The van der Waals surface area contributed by atoms with Gasteiger partial charge in [-0.1, -0.05) is 69.9 Å². The number of benzene rings is 2. The van der Waals surface area contributed by atoms with E-state index in [-0.39, 0.29) is 23.4 Å². The van der Waals surface area contributed by atoms with Crippen molar-refractivity contribution in [2.75, 3.05) is 23.7 Å². The highest BCUT2D eigenvalue weighted by atomic mass is 16.2. The molecule has 2 aliphatic rings. The average Bonchev–Trinajstić information content (AvgIpc) is 3.61. The summed E-state index contributed by atoms with van der Waals surface area (Å²) >= 11 is 0. The Bertz CT molecular complexity index is 1330. The van der Waals surface area contributed by atoms with Crippen LogP contribution in [0.25, 0.3) is 5.69 Å². The number of likely N-dealkylation sites (tertiary alicyclic amines) is 1. The van der Waals surface area contributed by atoms with Crippen molar-refractivity contribution in [2.24, 2.45) is 5.92 Å². The second-order valence-corrected chi connectivity index (χ2v) is 12.5. The van der Waals surface area contributed by atoms with Gasteiger partial charge in [0.1, 0.15) is 5.82 Å². The Balaban J connectivity index is 1.37. The molecule has 2 heterocycles. The van der Waals surface area contributed by atoms with Crippen molar-refractivity contribution in [3.63, 3.8) is 0 Å². The Labute approximate surface area is 238 Å². The maximum Gasteiger partial charge on any atom is 0.324 e. The monoisotopic (exact) mass is 541 g/mol. The third kappa shape index (κ3) is 6.47. The predicted molar refractivity (Wildman–Crippen MR) is 161 cm³/mol. The van der Waals surface area contributed by atoms with Gasteiger partial charge in [-0.3, -0.25) is 15.0 Å². The van der Waals surface area contributed by atoms with E-state index in [0.717, 1.165) is 74.1 Å². The minimum absolute atomic E-state index is 0.144. The smallest absolute Gasteiger partial charge is 0.308 e. The minimum atomic E-state index is -0.345. The third-order valence-corrected chi connectivity index (χ3v) is 8.24. The SMILES string of the molecule is Cc1ccc(-n2nc(C(C)(C)C)cc2NC(=O)Nc2cccc(C(C(=O)C3CCCC3)N3CCCCC3)c2)cc1. The van der Waals surface area contributed by atoms with Crippen LogP contribution < -0.4 is 10.6 Å². The van der Waals surface area contributed by atoms with Gasteiger partial charge in [0.05, 0.1) is 17.4 Å². The molecule has 2 aromatic carbocycles. The first-order valence-corrected chi connectivity index (χ1v) is 14.8. The van der Waals surface area contributed by atoms with Crippen LogP contribution in [0.15, 0.2) is 54.6 Å². The third-order valence-electron chi connectivity index (χ3n) is 8.24. The van der Waals surface area contributed by atoms with Crippen molar-refractivity contribution >= 4 is 23.3 Å². The highest BCUT2D eigenvalue weighted by Gasteiger charge is 2.34. The largest absolute Gasteiger partial charge is 0.324 e. The number of hydrogen-bond donors (Lipinski definition) is 2. The van der Waals surface area contributed by atoms with E-state index in [0.29, 0.717) is 17.3 Å². The van der Waals surface area contributed by atoms with Crippen molar-refractivity contribution in [1.29, 1.82) is 0 Å². The van der Waals surface area contributed by atoms with Gasteiger partial charge in [-0.05, 0) is 75.5 Å². The number of nitrogens with zero attached hydrogens (tertiary/aromatic N) is 3. The second-order valence-electron chi connectivity index (χ2n) is 12.5. The maximum atomic E-state index is 13.7. The Morgan fingerprint density at radius 3 is 2.27 bits per heavy atom. The number of aryl methyl sites for hydroxylation is 1. The molecule has 212 valence electrons. The fourth-order valence-electron chi connectivity index (χ4n) is 5.95. The zero-order chi connectivity index (χ0) is 28.3. The molecule has 1 aromatic heterocycles. The molecule has 1 aliphatic heterocycles. The number of carbonyl (C=O) groups excluding carboxylic acids is 2. The Morgan fingerprint density at radius 2 is 1.60 bits per heavy atom. The highest BCUT2D eigenvalue weighted by Crippen LogP contribution is 2.35. The lowest BCUT2D eigenvalue weighted by Crippen LogP contribution is -2.40. The molecule has 1 aliphatic carbocycles. The van der Waals surface area contributed by atoms with E-state index in [1.807, 2.05) is 61.5 Å². The Hall–Kier alpha value is -3.45. The molecule has 2 N–H and O–H groups in total. The molecule has 1 atom stereocenters. The summed E-state index contributed by atoms with van der Waals surface area (Å²) in [6.07, 6.45) is 7.74. The summed E-state index contributed by atoms with van der Waals surface area (Å²) in [4.78, 5) is 29.4. The average molecular weight is 542 g/mol. The predicted octanol–water partition coefficient (Wildman–Crippen LogP) is 7.41. The van der Waals surface area contributed by atoms with Crippen molar-refractivity contribution in [3.8, 4) is 5.69 Å². The van der Waals surface area contributed by atoms with Gasteiger partial charge in [-0.15, -0.1) is 0 Å². The summed E-state index contributed by atoms with van der Waals surface area (Å²) in [6.45, 7) is 10.3. The molecule has 2 amide bonds. The van der Waals surface area contributed by atoms with E-state index in [2.05, 4.69) is 36.3 Å². The quantitative estimate of drug-likeness (QED) is 0.326. The standard InChI is InChI=1S/C33H43N5O2/c1-23-15-17-27(18-16-23)38-29(22-28(36-38)33(2,3)4)35-32(40)34-26-14-10-13-25(21-26)30(37-19-8-5-9-20-37)31(39)24-11-6-7-12-24/h10,13-18,21-22,24,30H,5-9,11-12,19-20H2,1-4H3,(H2,34,35,40). The van der Waals surface area contributed by atoms with Gasteiger partial charge in [0, 0.05) is 23.1 Å². The number of piperidine rings is 1. The highest BCUT2D eigenvalue weighted by molar-refractivity contribution is 5.99. The van der Waals surface area contributed by atoms with Crippen molar-refractivity contribution < 1.29 is 9.59 Å². The number of ketones is 1. The normalized spacial score (nSPS) is 17.5. The van der Waals surface area contributed by atoms with Gasteiger partial charge in [0.2, 0.25) is 0 Å². The summed E-state index contributed by atoms with van der Waals surface area (Å²) in [7, 11) is 0. The molecule has 7 nitrogen and oxygen atoms in total. The van der Waals surface area contributed by atoms with Gasteiger partial charge in [-0.2, -0.15) is 5.10 Å². The lowest BCUT2D eigenvalue weighted by molar-refractivity contribution is -0.128. The maximum absolute atomic E-state index is 13.7. The molecule has 1 saturated carbocycles. The molecule has 40 heavy (non-hydrogen) atoms. The molecular weight excluding hydrogens is 498 g/mol. The number of aromatic nitrogens is 2. The van der Waals surface area contributed by atoms with Crippen LogP contribution in [-0.2, 0) is 10.2 Å². The zero-order valence-corrected chi connectivity index (χ0v) is 24.4. The number of nitrogens with one attached hydrogen (secondary N) is 2. The summed E-state index contributed by atoms with van der Waals surface area (Å²) in [5, 5.41) is 10.8. The van der Waals surface area contributed by atoms with Crippen molar-refractivity contribution in [1.82, 2.24) is 14.7 Å². The van der Waals surface area contributed by atoms with Gasteiger partial charge in [0.25, 0.3) is 0 Å². The Kier molecular flexibility index (Phi) is 8.40. The fraction of sp³-hybridized carbons (Fsp3) is 0.485. The van der Waals surface area contributed by atoms with Crippen molar-refractivity contribution in [2.45, 2.75) is 84.1 Å². The van der Waals surface area contributed by atoms with Crippen LogP contribution in [0.4, 0.5) is 16.3 Å². The number of Topliss-reactive ketones (excluding diaryl/α,β-unsaturated/α-hetero) is 1. The van der Waals surface area contributed by atoms with E-state index in [9.17, 15) is 9.59 Å². The zero-order valence-electron chi connectivity index (χ0n) is 24.4. The van der Waals surface area contributed by atoms with Gasteiger partial charge < -0.3 is 5.32 Å². The lowest BCUT2D eigenvalue weighted by Gasteiger charge is -2.35. The van der Waals surface area contributed by atoms with Crippen molar-refractivity contribution in [3.05, 3.63) is 71.4 Å². The molecule has 0 spiro atoms. The van der Waals surface area contributed by atoms with E-state index in [1.54, 1.807) is 4.68 Å². The molecule has 1 saturated heterocycles. The van der Waals surface area contributed by atoms with Crippen LogP contribution in [-0.4, -0.2) is 39.6 Å². The molecular formula is C33H43N5O2. The van der Waals surface area contributed by atoms with Gasteiger partial charge in [0.15, 0.2) is 5.78 Å². The molecule has 7 heteroatoms. The summed E-state index contributed by atoms with van der Waals surface area (Å²) in [5.74, 6) is 1.09. The van der Waals surface area contributed by atoms with Crippen LogP contribution >= 0.6 is 0 Å². The fourth-order valence-corrected chi connectivity index (χ4v) is 5.95. The number of anilines is 2. The number of amides is 2. The first kappa shape index (κ1) is 28.1. The molecule has 3 aromatic rings. The topological polar surface area (TPSA) is 79.3 Å². The van der Waals surface area contributed by atoms with E-state index >= 15 is 0 Å². The number of rotatable bonds is 7. The van der Waals surface area contributed by atoms with Crippen LogP contribution in [0.2, 0.25) is 0 Å². The Morgan fingerprint density at radius 1 is 0.900 bits per heavy atom. The first-order valence-electron chi connectivity index (χ1n) is 14.8. The van der Waals surface area contributed by atoms with E-state index in [4.69, 9.17) is 5.10 Å². The molecule has 5 rings (SSSR count). The van der Waals surface area contributed by atoms with Crippen LogP contribution in [0.1, 0.15) is 88.6 Å². The molecule has 0 bridgehead atoms. The first-order chi connectivity index (χ1) is 19.2. The van der Waals surface area contributed by atoms with E-state index < -0.39 is 0 Å². The summed E-state index contributed by atoms with van der Waals surface area (Å²) < 4.78 is 1.78. The van der Waals surface area contributed by atoms with Gasteiger partial charge in [-0.25, -0.2) is 9.48 Å². The summed E-state index contributed by atoms with van der Waals surface area (Å²) in [5.41, 5.74) is 4.40. The molecule has 0 radical (unpaired) electrons. The van der Waals surface area contributed by atoms with Crippen LogP contribution in [0.5, 0.6) is 0 Å².